The highest BCUT2D eigenvalue weighted by Crippen LogP contribution is 2.38. The maximum Gasteiger partial charge on any atom is 0.228 e. The molecule has 1 aliphatic carbocycles. The zero-order valence-corrected chi connectivity index (χ0v) is 14.1. The molecule has 23 heavy (non-hydrogen) atoms. The summed E-state index contributed by atoms with van der Waals surface area (Å²) in [5.41, 5.74) is 0.934. The smallest absolute Gasteiger partial charge is 0.228 e. The highest BCUT2D eigenvalue weighted by molar-refractivity contribution is 5.31. The van der Waals surface area contributed by atoms with Gasteiger partial charge in [-0.1, -0.05) is 39.8 Å². The van der Waals surface area contributed by atoms with Gasteiger partial charge in [0.15, 0.2) is 0 Å². The van der Waals surface area contributed by atoms with Crippen LogP contribution in [0.25, 0.3) is 0 Å². The van der Waals surface area contributed by atoms with Crippen LogP contribution in [0.2, 0.25) is 0 Å². The second-order valence-electron chi connectivity index (χ2n) is 7.35. The average Bonchev–Trinajstić information content (AvgIpc) is 2.46. The van der Waals surface area contributed by atoms with E-state index in [0.29, 0.717) is 12.2 Å². The van der Waals surface area contributed by atoms with E-state index in [1.54, 1.807) is 0 Å². The molecule has 6 heteroatoms. The Morgan fingerprint density at radius 1 is 1.22 bits per heavy atom. The number of aliphatic hydroxyl groups excluding tert-OH is 4. The standard InChI is InChI=1S/C17H28O6/c1-9(2)10-5-6-17(3,4)7-11(10)22-16-15(21)14(20)13(19)12(8-18)23-16/h5-6,9,12-16,18-21H,7-8H2,1-4H3/t12-,13-,14+,15+,16-/m1/s1. The third-order valence-corrected chi connectivity index (χ3v) is 4.38. The van der Waals surface area contributed by atoms with Crippen LogP contribution in [0.3, 0.4) is 0 Å². The zero-order valence-electron chi connectivity index (χ0n) is 14.1. The highest BCUT2D eigenvalue weighted by atomic mass is 16.7. The van der Waals surface area contributed by atoms with Crippen molar-refractivity contribution in [2.24, 2.45) is 11.3 Å². The second-order valence-corrected chi connectivity index (χ2v) is 7.35. The quantitative estimate of drug-likeness (QED) is 0.606. The fraction of sp³-hybridized carbons (Fsp3) is 0.765. The fourth-order valence-corrected chi connectivity index (χ4v) is 2.91. The second kappa shape index (κ2) is 6.91. The lowest BCUT2D eigenvalue weighted by Gasteiger charge is -2.41. The fourth-order valence-electron chi connectivity index (χ4n) is 2.91. The maximum atomic E-state index is 10.1. The van der Waals surface area contributed by atoms with Crippen molar-refractivity contribution in [2.45, 2.75) is 64.8 Å². The minimum absolute atomic E-state index is 0.0815. The molecule has 0 aromatic rings. The van der Waals surface area contributed by atoms with Gasteiger partial charge in [0.2, 0.25) is 6.29 Å². The Bertz CT molecular complexity index is 479. The summed E-state index contributed by atoms with van der Waals surface area (Å²) in [6.07, 6.45) is -1.49. The van der Waals surface area contributed by atoms with Crippen molar-refractivity contribution >= 4 is 0 Å². The van der Waals surface area contributed by atoms with Gasteiger partial charge in [-0.05, 0) is 16.9 Å². The van der Waals surface area contributed by atoms with Crippen LogP contribution in [0.5, 0.6) is 0 Å². The van der Waals surface area contributed by atoms with Crippen LogP contribution < -0.4 is 0 Å². The van der Waals surface area contributed by atoms with Crippen LogP contribution in [-0.4, -0.2) is 57.7 Å². The first kappa shape index (κ1) is 18.4. The van der Waals surface area contributed by atoms with Crippen LogP contribution in [0.4, 0.5) is 0 Å². The van der Waals surface area contributed by atoms with E-state index in [1.807, 2.05) is 6.08 Å². The van der Waals surface area contributed by atoms with Crippen LogP contribution in [-0.2, 0) is 9.47 Å². The normalized spacial score (nSPS) is 37.3. The molecule has 1 heterocycles. The number of hydrogen-bond donors (Lipinski definition) is 4. The lowest BCUT2D eigenvalue weighted by atomic mass is 9.80. The summed E-state index contributed by atoms with van der Waals surface area (Å²) < 4.78 is 11.3. The Balaban J connectivity index is 2.22. The van der Waals surface area contributed by atoms with Gasteiger partial charge < -0.3 is 29.9 Å². The molecular formula is C17H28O6. The van der Waals surface area contributed by atoms with Gasteiger partial charge >= 0.3 is 0 Å². The Morgan fingerprint density at radius 2 is 1.87 bits per heavy atom. The topological polar surface area (TPSA) is 99.4 Å². The van der Waals surface area contributed by atoms with Gasteiger partial charge in [0.05, 0.1) is 6.61 Å². The van der Waals surface area contributed by atoms with Crippen LogP contribution in [0.1, 0.15) is 34.1 Å². The van der Waals surface area contributed by atoms with E-state index < -0.39 is 37.3 Å². The van der Waals surface area contributed by atoms with E-state index in [2.05, 4.69) is 33.8 Å². The first-order valence-corrected chi connectivity index (χ1v) is 8.05. The molecule has 0 saturated carbocycles. The Morgan fingerprint density at radius 3 is 2.43 bits per heavy atom. The van der Waals surface area contributed by atoms with E-state index in [1.165, 1.54) is 0 Å². The van der Waals surface area contributed by atoms with E-state index >= 15 is 0 Å². The molecule has 0 aromatic carbocycles. The first-order valence-electron chi connectivity index (χ1n) is 8.05. The summed E-state index contributed by atoms with van der Waals surface area (Å²) in [5, 5.41) is 39.1. The van der Waals surface area contributed by atoms with Gasteiger partial charge in [-0.3, -0.25) is 0 Å². The van der Waals surface area contributed by atoms with Gasteiger partial charge in [0.25, 0.3) is 0 Å². The Kier molecular flexibility index (Phi) is 5.53. The molecule has 0 radical (unpaired) electrons. The lowest BCUT2D eigenvalue weighted by Crippen LogP contribution is -2.59. The van der Waals surface area contributed by atoms with Crippen molar-refractivity contribution in [1.82, 2.24) is 0 Å². The van der Waals surface area contributed by atoms with Crippen LogP contribution in [0.15, 0.2) is 23.5 Å². The van der Waals surface area contributed by atoms with Crippen LogP contribution in [0, 0.1) is 11.3 Å². The molecular weight excluding hydrogens is 300 g/mol. The molecule has 4 N–H and O–H groups in total. The molecule has 2 aliphatic rings. The average molecular weight is 328 g/mol. The molecule has 2 rings (SSSR count). The van der Waals surface area contributed by atoms with Crippen molar-refractivity contribution in [3.8, 4) is 0 Å². The van der Waals surface area contributed by atoms with Gasteiger partial charge in [-0.2, -0.15) is 0 Å². The lowest BCUT2D eigenvalue weighted by molar-refractivity contribution is -0.292. The largest absolute Gasteiger partial charge is 0.466 e. The molecule has 132 valence electrons. The minimum Gasteiger partial charge on any atom is -0.466 e. The van der Waals surface area contributed by atoms with E-state index in [0.717, 1.165) is 5.57 Å². The maximum absolute atomic E-state index is 10.1. The molecule has 0 spiro atoms. The molecule has 0 unspecified atom stereocenters. The van der Waals surface area contributed by atoms with Gasteiger partial charge in [0, 0.05) is 6.42 Å². The number of aliphatic hydroxyl groups is 4. The summed E-state index contributed by atoms with van der Waals surface area (Å²) in [5.74, 6) is 0.944. The van der Waals surface area contributed by atoms with Crippen molar-refractivity contribution in [3.05, 3.63) is 23.5 Å². The van der Waals surface area contributed by atoms with Gasteiger partial charge in [-0.25, -0.2) is 0 Å². The summed E-state index contributed by atoms with van der Waals surface area (Å²) in [7, 11) is 0. The zero-order chi connectivity index (χ0) is 17.4. The van der Waals surface area contributed by atoms with Crippen molar-refractivity contribution in [2.75, 3.05) is 6.61 Å². The third kappa shape index (κ3) is 3.95. The monoisotopic (exact) mass is 328 g/mol. The predicted molar refractivity (Wildman–Crippen MR) is 84.3 cm³/mol. The summed E-state index contributed by atoms with van der Waals surface area (Å²) >= 11 is 0. The summed E-state index contributed by atoms with van der Waals surface area (Å²) in [6.45, 7) is 7.80. The molecule has 1 saturated heterocycles. The number of rotatable bonds is 4. The van der Waals surface area contributed by atoms with E-state index in [9.17, 15) is 20.4 Å². The predicted octanol–water partition coefficient (Wildman–Crippen LogP) is 0.699. The number of hydrogen-bond acceptors (Lipinski definition) is 6. The summed E-state index contributed by atoms with van der Waals surface area (Å²) in [6, 6.07) is 0. The van der Waals surface area contributed by atoms with Crippen molar-refractivity contribution in [1.29, 1.82) is 0 Å². The Labute approximate surface area is 137 Å². The highest BCUT2D eigenvalue weighted by Gasteiger charge is 2.45. The van der Waals surface area contributed by atoms with E-state index in [4.69, 9.17) is 9.47 Å². The summed E-state index contributed by atoms with van der Waals surface area (Å²) in [4.78, 5) is 0. The minimum atomic E-state index is -1.43. The molecule has 1 aliphatic heterocycles. The van der Waals surface area contributed by atoms with Crippen molar-refractivity contribution in [3.63, 3.8) is 0 Å². The number of allylic oxidation sites excluding steroid dienone is 4. The Hall–Kier alpha value is -0.920. The molecule has 0 bridgehead atoms. The molecule has 6 nitrogen and oxygen atoms in total. The molecule has 0 aromatic heterocycles. The number of ether oxygens (including phenoxy) is 2. The first-order chi connectivity index (χ1) is 10.7. The van der Waals surface area contributed by atoms with Gasteiger partial charge in [0.1, 0.15) is 30.2 Å². The van der Waals surface area contributed by atoms with Crippen molar-refractivity contribution < 1.29 is 29.9 Å². The molecule has 0 amide bonds. The molecule has 5 atom stereocenters. The van der Waals surface area contributed by atoms with Crippen LogP contribution >= 0.6 is 0 Å². The molecule has 1 fully saturated rings. The van der Waals surface area contributed by atoms with Gasteiger partial charge in [-0.15, -0.1) is 0 Å². The SMILES string of the molecule is CC(C)C1=C(O[C@@H]2O[C@H](CO)[C@@H](O)[C@H](O)[C@@H]2O)CC(C)(C)C=C1. The third-order valence-electron chi connectivity index (χ3n) is 4.38. The van der Waals surface area contributed by atoms with E-state index in [-0.39, 0.29) is 11.3 Å².